The van der Waals surface area contributed by atoms with Crippen molar-refractivity contribution >= 4 is 0 Å². The van der Waals surface area contributed by atoms with Crippen LogP contribution in [0.15, 0.2) is 24.3 Å². The van der Waals surface area contributed by atoms with Crippen molar-refractivity contribution in [1.82, 2.24) is 5.32 Å². The summed E-state index contributed by atoms with van der Waals surface area (Å²) < 4.78 is 35.6. The molecule has 0 aliphatic carbocycles. The SMILES string of the molecule is [2H]C([2H])([2H])NC([2H])([2H])[C@@H](O)c1cccc(O)c1. The fourth-order valence-corrected chi connectivity index (χ4v) is 0.847. The Kier molecular flexibility index (Phi) is 1.45. The van der Waals surface area contributed by atoms with Gasteiger partial charge in [-0.2, -0.15) is 0 Å². The lowest BCUT2D eigenvalue weighted by Crippen LogP contribution is -2.16. The molecule has 0 bridgehead atoms. The van der Waals surface area contributed by atoms with Gasteiger partial charge in [0.2, 0.25) is 0 Å². The normalized spacial score (nSPS) is 21.2. The molecule has 0 spiro atoms. The Morgan fingerprint density at radius 2 is 2.58 bits per heavy atom. The van der Waals surface area contributed by atoms with Crippen LogP contribution in [0.4, 0.5) is 0 Å². The van der Waals surface area contributed by atoms with E-state index in [4.69, 9.17) is 6.85 Å². The highest BCUT2D eigenvalue weighted by Gasteiger charge is 2.05. The topological polar surface area (TPSA) is 52.5 Å². The third-order valence-electron chi connectivity index (χ3n) is 1.39. The van der Waals surface area contributed by atoms with Gasteiger partial charge in [-0.15, -0.1) is 0 Å². The van der Waals surface area contributed by atoms with E-state index in [0.29, 0.717) is 0 Å². The molecule has 3 nitrogen and oxygen atoms in total. The van der Waals surface area contributed by atoms with Crippen LogP contribution < -0.4 is 5.32 Å². The van der Waals surface area contributed by atoms with Crippen LogP contribution in [0.2, 0.25) is 0 Å². The van der Waals surface area contributed by atoms with E-state index in [1.54, 1.807) is 5.32 Å². The lowest BCUT2D eigenvalue weighted by Gasteiger charge is -2.09. The van der Waals surface area contributed by atoms with Gasteiger partial charge in [-0.25, -0.2) is 0 Å². The first-order valence-corrected chi connectivity index (χ1v) is 3.38. The molecule has 3 heteroatoms. The highest BCUT2D eigenvalue weighted by atomic mass is 16.3. The van der Waals surface area contributed by atoms with Crippen LogP contribution in [-0.4, -0.2) is 23.7 Å². The molecule has 1 aromatic carbocycles. The zero-order chi connectivity index (χ0) is 13.3. The molecule has 0 aliphatic rings. The maximum absolute atomic E-state index is 9.74. The van der Waals surface area contributed by atoms with Gasteiger partial charge in [-0.05, 0) is 24.7 Å². The maximum atomic E-state index is 9.74. The first-order valence-electron chi connectivity index (χ1n) is 5.88. The second kappa shape index (κ2) is 4.09. The molecule has 0 radical (unpaired) electrons. The van der Waals surface area contributed by atoms with Crippen LogP contribution in [0.3, 0.4) is 0 Å². The lowest BCUT2D eigenvalue weighted by atomic mass is 10.1. The molecule has 1 aromatic rings. The second-order valence-corrected chi connectivity index (χ2v) is 2.27. The van der Waals surface area contributed by atoms with E-state index in [0.717, 1.165) is 0 Å². The molecular formula is C9H13NO2. The van der Waals surface area contributed by atoms with Crippen molar-refractivity contribution in [3.8, 4) is 5.75 Å². The summed E-state index contributed by atoms with van der Waals surface area (Å²) in [6, 6.07) is 5.36. The van der Waals surface area contributed by atoms with Gasteiger partial charge < -0.3 is 15.5 Å². The van der Waals surface area contributed by atoms with Crippen molar-refractivity contribution < 1.29 is 17.1 Å². The van der Waals surface area contributed by atoms with Gasteiger partial charge in [0.1, 0.15) is 5.75 Å². The van der Waals surface area contributed by atoms with Crippen LogP contribution in [0.1, 0.15) is 18.5 Å². The zero-order valence-electron chi connectivity index (χ0n) is 11.3. The van der Waals surface area contributed by atoms with Crippen molar-refractivity contribution in [2.24, 2.45) is 0 Å². The van der Waals surface area contributed by atoms with Gasteiger partial charge in [-0.3, -0.25) is 0 Å². The average Bonchev–Trinajstić information content (AvgIpc) is 2.12. The number of phenols is 1. The summed E-state index contributed by atoms with van der Waals surface area (Å²) in [6.07, 6.45) is -1.70. The number of benzene rings is 1. The Hall–Kier alpha value is -1.06. The summed E-state index contributed by atoms with van der Waals surface area (Å²) in [5.41, 5.74) is 0.0896. The number of hydrogen-bond donors (Lipinski definition) is 3. The largest absolute Gasteiger partial charge is 0.508 e. The van der Waals surface area contributed by atoms with E-state index < -0.39 is 19.6 Å². The molecule has 0 unspecified atom stereocenters. The number of aliphatic hydroxyl groups excluding tert-OH is 1. The molecule has 3 N–H and O–H groups in total. The minimum absolute atomic E-state index is 0.0896. The number of nitrogens with one attached hydrogen (secondary N) is 1. The minimum atomic E-state index is -2.71. The molecule has 0 aliphatic heterocycles. The first kappa shape index (κ1) is 4.25. The van der Waals surface area contributed by atoms with Gasteiger partial charge >= 0.3 is 0 Å². The van der Waals surface area contributed by atoms with Crippen molar-refractivity contribution in [3.63, 3.8) is 0 Å². The van der Waals surface area contributed by atoms with E-state index in [1.165, 1.54) is 24.3 Å². The summed E-state index contributed by atoms with van der Waals surface area (Å²) in [4.78, 5) is 0. The lowest BCUT2D eigenvalue weighted by molar-refractivity contribution is 0.177. The standard InChI is InChI=1S/C9H13NO2/c1-10-6-9(12)7-3-2-4-8(11)5-7/h2-5,9-12H,6H2,1H3/t9-/m1/s1/i1D3,6D2. The fourth-order valence-electron chi connectivity index (χ4n) is 0.847. The van der Waals surface area contributed by atoms with Crippen LogP contribution in [0.5, 0.6) is 5.75 Å². The third kappa shape index (κ3) is 2.22. The number of aromatic hydroxyl groups is 1. The molecule has 0 heterocycles. The second-order valence-electron chi connectivity index (χ2n) is 2.27. The van der Waals surface area contributed by atoms with E-state index in [2.05, 4.69) is 0 Å². The number of likely N-dealkylation sites (N-methyl/N-ethyl adjacent to an activating group) is 1. The highest BCUT2D eigenvalue weighted by molar-refractivity contribution is 5.28. The van der Waals surface area contributed by atoms with Crippen molar-refractivity contribution in [2.45, 2.75) is 6.10 Å². The van der Waals surface area contributed by atoms with Gasteiger partial charge in [0.05, 0.1) is 6.10 Å². The Morgan fingerprint density at radius 3 is 3.25 bits per heavy atom. The number of hydrogen-bond acceptors (Lipinski definition) is 3. The Balaban J connectivity index is 2.92. The molecule has 0 aromatic heterocycles. The summed E-state index contributed by atoms with van der Waals surface area (Å²) >= 11 is 0. The Bertz CT molecular complexity index is 393. The van der Waals surface area contributed by atoms with E-state index in [9.17, 15) is 10.2 Å². The molecule has 0 saturated heterocycles. The van der Waals surface area contributed by atoms with E-state index in [-0.39, 0.29) is 11.3 Å². The summed E-state index contributed by atoms with van der Waals surface area (Å²) in [6.45, 7) is -5.24. The molecule has 0 fully saturated rings. The molecule has 1 atom stereocenters. The summed E-state index contributed by atoms with van der Waals surface area (Å²) in [5.74, 6) is -0.133. The Labute approximate surface area is 78.7 Å². The van der Waals surface area contributed by atoms with Crippen LogP contribution >= 0.6 is 0 Å². The quantitative estimate of drug-likeness (QED) is 0.627. The van der Waals surface area contributed by atoms with Crippen LogP contribution in [0, 0.1) is 0 Å². The smallest absolute Gasteiger partial charge is 0.115 e. The third-order valence-corrected chi connectivity index (χ3v) is 1.39. The van der Waals surface area contributed by atoms with Gasteiger partial charge in [-0.1, -0.05) is 12.1 Å². The molecule has 0 amide bonds. The predicted molar refractivity (Wildman–Crippen MR) is 47.0 cm³/mol. The zero-order valence-corrected chi connectivity index (χ0v) is 6.28. The molecular weight excluding hydrogens is 154 g/mol. The minimum Gasteiger partial charge on any atom is -0.508 e. The van der Waals surface area contributed by atoms with Gasteiger partial charge in [0, 0.05) is 13.4 Å². The van der Waals surface area contributed by atoms with Gasteiger partial charge in [0.25, 0.3) is 0 Å². The van der Waals surface area contributed by atoms with Gasteiger partial charge in [0.15, 0.2) is 0 Å². The average molecular weight is 172 g/mol. The van der Waals surface area contributed by atoms with Crippen molar-refractivity contribution in [1.29, 1.82) is 0 Å². The molecule has 0 saturated carbocycles. The van der Waals surface area contributed by atoms with Crippen molar-refractivity contribution in [3.05, 3.63) is 29.8 Å². The van der Waals surface area contributed by atoms with E-state index in [1.807, 2.05) is 0 Å². The van der Waals surface area contributed by atoms with Crippen LogP contribution in [-0.2, 0) is 0 Å². The van der Waals surface area contributed by atoms with Crippen LogP contribution in [0.25, 0.3) is 0 Å². The van der Waals surface area contributed by atoms with Crippen molar-refractivity contribution in [2.75, 3.05) is 13.5 Å². The Morgan fingerprint density at radius 1 is 1.75 bits per heavy atom. The summed E-state index contributed by atoms with van der Waals surface area (Å²) in [5, 5.41) is 20.6. The number of phenolic OH excluding ortho intramolecular Hbond substituents is 1. The van der Waals surface area contributed by atoms with E-state index >= 15 is 0 Å². The first-order chi connectivity index (χ1) is 7.62. The molecule has 66 valence electrons. The molecule has 1 rings (SSSR count). The fraction of sp³-hybridized carbons (Fsp3) is 0.333. The number of aliphatic hydroxyl groups is 1. The monoisotopic (exact) mass is 172 g/mol. The molecule has 12 heavy (non-hydrogen) atoms. The maximum Gasteiger partial charge on any atom is 0.115 e. The number of rotatable bonds is 3. The summed E-state index contributed by atoms with van der Waals surface area (Å²) in [7, 11) is 0. The highest BCUT2D eigenvalue weighted by Crippen LogP contribution is 2.17. The predicted octanol–water partition coefficient (Wildman–Crippen LogP) is 0.645.